The Morgan fingerprint density at radius 3 is 2.03 bits per heavy atom. The number of aromatic nitrogens is 2. The summed E-state index contributed by atoms with van der Waals surface area (Å²) in [6.45, 7) is 1.92. The zero-order valence-corrected chi connectivity index (χ0v) is 18.2. The Bertz CT molecular complexity index is 1060. The Morgan fingerprint density at radius 2 is 1.57 bits per heavy atom. The van der Waals surface area contributed by atoms with Crippen LogP contribution in [-0.4, -0.2) is 48.1 Å². The number of anilines is 1. The number of phosphoric acid groups is 1. The molecule has 3 rings (SSSR count). The number of nitrogens with zero attached hydrogens (tertiary/aromatic N) is 2. The van der Waals surface area contributed by atoms with Crippen LogP contribution < -0.4 is 18.9 Å². The molecule has 0 radical (unpaired) electrons. The van der Waals surface area contributed by atoms with Crippen molar-refractivity contribution >= 4 is 13.5 Å². The van der Waals surface area contributed by atoms with Crippen LogP contribution in [0.3, 0.4) is 0 Å². The molecule has 30 heavy (non-hydrogen) atoms. The van der Waals surface area contributed by atoms with Crippen molar-refractivity contribution in [2.75, 3.05) is 33.2 Å². The lowest BCUT2D eigenvalue weighted by Gasteiger charge is -2.15. The predicted molar refractivity (Wildman–Crippen MR) is 114 cm³/mol. The number of phosphoric ester groups is 1. The molecule has 0 saturated carbocycles. The summed E-state index contributed by atoms with van der Waals surface area (Å²) in [4.78, 5) is 28.3. The van der Waals surface area contributed by atoms with Crippen LogP contribution in [0.25, 0.3) is 22.6 Å². The standard InChI is InChI=1S/C20H24N3O6P/c1-12-18(13-6-8-15(9-7-13)23(2)3)22-20(21-12)14-10-16(27-4)19(17(11-14)28-5)29-30(24,25)26/h6-11H,1-5H3,(H,21,22)(H2,24,25,26). The second-order valence-electron chi connectivity index (χ2n) is 6.79. The first-order chi connectivity index (χ1) is 14.1. The molecule has 0 atom stereocenters. The van der Waals surface area contributed by atoms with E-state index in [-0.39, 0.29) is 17.2 Å². The number of methoxy groups -OCH3 is 2. The van der Waals surface area contributed by atoms with Crippen molar-refractivity contribution in [2.45, 2.75) is 6.92 Å². The van der Waals surface area contributed by atoms with Gasteiger partial charge in [-0.3, -0.25) is 9.79 Å². The van der Waals surface area contributed by atoms with Crippen molar-refractivity contribution in [1.82, 2.24) is 9.97 Å². The second-order valence-corrected chi connectivity index (χ2v) is 7.96. The minimum absolute atomic E-state index is 0.110. The number of ether oxygens (including phenoxy) is 2. The molecule has 0 aliphatic rings. The van der Waals surface area contributed by atoms with Gasteiger partial charge in [0.05, 0.1) is 19.9 Å². The average molecular weight is 433 g/mol. The SMILES string of the molecule is COc1cc(-c2nc(-c3ccc(N(C)C)cc3)c(C)[nH]2)cc(OC)c1OP(=O)(O)O. The quantitative estimate of drug-likeness (QED) is 0.484. The molecular weight excluding hydrogens is 409 g/mol. The third-order valence-corrected chi connectivity index (χ3v) is 4.91. The van der Waals surface area contributed by atoms with Crippen LogP contribution in [0.5, 0.6) is 17.2 Å². The van der Waals surface area contributed by atoms with Crippen molar-refractivity contribution in [3.05, 3.63) is 42.1 Å². The normalized spacial score (nSPS) is 11.3. The molecule has 0 saturated heterocycles. The Hall–Kier alpha value is -3.00. The first kappa shape index (κ1) is 21.7. The third-order valence-electron chi connectivity index (χ3n) is 4.49. The molecule has 160 valence electrons. The highest BCUT2D eigenvalue weighted by atomic mass is 31.2. The molecule has 3 aromatic rings. The number of H-pyrrole nitrogens is 1. The maximum Gasteiger partial charge on any atom is 0.525 e. The Labute approximate surface area is 174 Å². The predicted octanol–water partition coefficient (Wildman–Crippen LogP) is 3.61. The van der Waals surface area contributed by atoms with Crippen molar-refractivity contribution < 1.29 is 28.3 Å². The van der Waals surface area contributed by atoms with Gasteiger partial charge >= 0.3 is 7.82 Å². The van der Waals surface area contributed by atoms with E-state index in [0.717, 1.165) is 22.6 Å². The molecule has 3 N–H and O–H groups in total. The molecule has 9 nitrogen and oxygen atoms in total. The number of nitrogens with one attached hydrogen (secondary N) is 1. The zero-order valence-electron chi connectivity index (χ0n) is 17.3. The average Bonchev–Trinajstić information content (AvgIpc) is 3.08. The van der Waals surface area contributed by atoms with Crippen molar-refractivity contribution in [1.29, 1.82) is 0 Å². The van der Waals surface area contributed by atoms with Crippen molar-refractivity contribution in [2.24, 2.45) is 0 Å². The molecule has 0 aliphatic heterocycles. The van der Waals surface area contributed by atoms with E-state index in [9.17, 15) is 14.4 Å². The second kappa shape index (κ2) is 8.39. The molecule has 10 heteroatoms. The van der Waals surface area contributed by atoms with Crippen LogP contribution in [0.1, 0.15) is 5.69 Å². The van der Waals surface area contributed by atoms with Crippen LogP contribution in [0.2, 0.25) is 0 Å². The number of rotatable bonds is 7. The van der Waals surface area contributed by atoms with Crippen molar-refractivity contribution in [3.63, 3.8) is 0 Å². The summed E-state index contributed by atoms with van der Waals surface area (Å²) >= 11 is 0. The fraction of sp³-hybridized carbons (Fsp3) is 0.250. The lowest BCUT2D eigenvalue weighted by atomic mass is 10.1. The van der Waals surface area contributed by atoms with Gasteiger partial charge in [-0.05, 0) is 31.2 Å². The number of hydrogen-bond donors (Lipinski definition) is 3. The summed E-state index contributed by atoms with van der Waals surface area (Å²) in [6, 6.07) is 11.2. The maximum absolute atomic E-state index is 11.3. The van der Waals surface area contributed by atoms with Gasteiger partial charge in [0.25, 0.3) is 0 Å². The van der Waals surface area contributed by atoms with Crippen LogP contribution in [0.4, 0.5) is 5.69 Å². The van der Waals surface area contributed by atoms with E-state index in [2.05, 4.69) is 4.98 Å². The monoisotopic (exact) mass is 433 g/mol. The summed E-state index contributed by atoms with van der Waals surface area (Å²) in [5.41, 5.74) is 4.32. The minimum atomic E-state index is -4.80. The molecule has 0 bridgehead atoms. The summed E-state index contributed by atoms with van der Waals surface area (Å²) in [7, 11) is 1.90. The van der Waals surface area contributed by atoms with Gasteiger partial charge in [0, 0.05) is 36.6 Å². The summed E-state index contributed by atoms with van der Waals surface area (Å²) in [5, 5.41) is 0. The number of aryl methyl sites for hydroxylation is 1. The minimum Gasteiger partial charge on any atom is -0.493 e. The third kappa shape index (κ3) is 4.59. The molecule has 0 amide bonds. The highest BCUT2D eigenvalue weighted by Gasteiger charge is 2.25. The summed E-state index contributed by atoms with van der Waals surface area (Å²) in [5.74, 6) is 0.593. The Morgan fingerprint density at radius 1 is 1.00 bits per heavy atom. The van der Waals surface area contributed by atoms with Crippen LogP contribution in [-0.2, 0) is 4.57 Å². The van der Waals surface area contributed by atoms with Crippen LogP contribution in [0.15, 0.2) is 36.4 Å². The first-order valence-electron chi connectivity index (χ1n) is 8.99. The first-order valence-corrected chi connectivity index (χ1v) is 10.5. The molecule has 0 spiro atoms. The maximum atomic E-state index is 11.3. The number of hydrogen-bond acceptors (Lipinski definition) is 6. The van der Waals surface area contributed by atoms with Gasteiger partial charge in [0.2, 0.25) is 5.75 Å². The molecular formula is C20H24N3O6P. The van der Waals surface area contributed by atoms with Gasteiger partial charge in [-0.25, -0.2) is 9.55 Å². The molecule has 0 fully saturated rings. The number of aromatic amines is 1. The van der Waals surface area contributed by atoms with E-state index in [1.807, 2.05) is 50.2 Å². The van der Waals surface area contributed by atoms with Gasteiger partial charge in [0.1, 0.15) is 5.82 Å². The van der Waals surface area contributed by atoms with E-state index < -0.39 is 7.82 Å². The van der Waals surface area contributed by atoms with E-state index in [1.54, 1.807) is 12.1 Å². The smallest absolute Gasteiger partial charge is 0.493 e. The van der Waals surface area contributed by atoms with Gasteiger partial charge in [-0.2, -0.15) is 0 Å². The van der Waals surface area contributed by atoms with Gasteiger partial charge in [0.15, 0.2) is 11.5 Å². The van der Waals surface area contributed by atoms with Gasteiger partial charge in [-0.15, -0.1) is 0 Å². The molecule has 0 unspecified atom stereocenters. The highest BCUT2D eigenvalue weighted by molar-refractivity contribution is 7.46. The number of benzene rings is 2. The Balaban J connectivity index is 2.04. The Kier molecular flexibility index (Phi) is 6.07. The molecule has 1 heterocycles. The molecule has 0 aliphatic carbocycles. The van der Waals surface area contributed by atoms with Gasteiger partial charge in [-0.1, -0.05) is 12.1 Å². The fourth-order valence-corrected chi connectivity index (χ4v) is 3.44. The summed E-state index contributed by atoms with van der Waals surface area (Å²) in [6.07, 6.45) is 0. The number of imidazole rings is 1. The van der Waals surface area contributed by atoms with Crippen LogP contribution in [0, 0.1) is 6.92 Å². The fourth-order valence-electron chi connectivity index (χ4n) is 3.02. The van der Waals surface area contributed by atoms with Gasteiger partial charge < -0.3 is 23.9 Å². The van der Waals surface area contributed by atoms with E-state index in [1.165, 1.54) is 14.2 Å². The lowest BCUT2D eigenvalue weighted by Crippen LogP contribution is -2.07. The zero-order chi connectivity index (χ0) is 22.1. The van der Waals surface area contributed by atoms with Crippen molar-refractivity contribution in [3.8, 4) is 39.9 Å². The molecule has 2 aromatic carbocycles. The topological polar surface area (TPSA) is 117 Å². The van der Waals surface area contributed by atoms with E-state index >= 15 is 0 Å². The molecule has 1 aromatic heterocycles. The lowest BCUT2D eigenvalue weighted by molar-refractivity contribution is 0.269. The van der Waals surface area contributed by atoms with Crippen LogP contribution >= 0.6 is 7.82 Å². The summed E-state index contributed by atoms with van der Waals surface area (Å²) < 4.78 is 26.6. The highest BCUT2D eigenvalue weighted by Crippen LogP contribution is 2.48. The van der Waals surface area contributed by atoms with E-state index in [0.29, 0.717) is 11.4 Å². The van der Waals surface area contributed by atoms with E-state index in [4.69, 9.17) is 19.0 Å². The largest absolute Gasteiger partial charge is 0.525 e.